The number of nitrogens with zero attached hydrogens (tertiary/aromatic N) is 3. The molecule has 0 spiro atoms. The summed E-state index contributed by atoms with van der Waals surface area (Å²) < 4.78 is 45.1. The van der Waals surface area contributed by atoms with E-state index in [1.807, 2.05) is 0 Å². The lowest BCUT2D eigenvalue weighted by atomic mass is 10.3. The molecule has 0 amide bonds. The zero-order valence-corrected chi connectivity index (χ0v) is 10.9. The summed E-state index contributed by atoms with van der Waals surface area (Å²) in [6.07, 6.45) is -4.09. The van der Waals surface area contributed by atoms with Crippen LogP contribution in [0.25, 0.3) is 0 Å². The van der Waals surface area contributed by atoms with Crippen LogP contribution in [0.3, 0.4) is 0 Å². The normalized spacial score (nSPS) is 17.6. The Morgan fingerprint density at radius 1 is 1.30 bits per heavy atom. The Hall–Kier alpha value is -1.19. The molecule has 0 atom stereocenters. The first-order valence-corrected chi connectivity index (χ1v) is 6.42. The highest BCUT2D eigenvalue weighted by molar-refractivity contribution is 4.87. The second-order valence-electron chi connectivity index (χ2n) is 4.55. The van der Waals surface area contributed by atoms with Gasteiger partial charge in [-0.3, -0.25) is 4.90 Å². The van der Waals surface area contributed by atoms with Gasteiger partial charge in [-0.1, -0.05) is 5.16 Å². The molecular weight excluding hydrogens is 277 g/mol. The average molecular weight is 294 g/mol. The number of alkyl halides is 3. The van der Waals surface area contributed by atoms with E-state index in [0.717, 1.165) is 26.2 Å². The van der Waals surface area contributed by atoms with Crippen LogP contribution in [-0.4, -0.2) is 60.6 Å². The molecule has 0 unspecified atom stereocenters. The molecular formula is C11H17F3N4O2. The van der Waals surface area contributed by atoms with Crippen molar-refractivity contribution < 1.29 is 22.4 Å². The molecule has 1 aliphatic heterocycles. The van der Waals surface area contributed by atoms with Crippen molar-refractivity contribution in [2.45, 2.75) is 19.1 Å². The van der Waals surface area contributed by atoms with Crippen LogP contribution in [0.1, 0.15) is 11.7 Å². The van der Waals surface area contributed by atoms with Crippen molar-refractivity contribution in [3.05, 3.63) is 11.7 Å². The fourth-order valence-corrected chi connectivity index (χ4v) is 1.87. The molecule has 1 N–H and O–H groups in total. The largest absolute Gasteiger partial charge is 0.411 e. The van der Waals surface area contributed by atoms with Crippen LogP contribution in [0.4, 0.5) is 13.2 Å². The molecule has 0 aliphatic carbocycles. The van der Waals surface area contributed by atoms with Crippen LogP contribution in [0.15, 0.2) is 4.52 Å². The number of nitrogens with one attached hydrogen (secondary N) is 1. The van der Waals surface area contributed by atoms with Crippen LogP contribution in [0.2, 0.25) is 0 Å². The minimum atomic E-state index is -4.30. The van der Waals surface area contributed by atoms with Crippen molar-refractivity contribution in [3.8, 4) is 0 Å². The second-order valence-corrected chi connectivity index (χ2v) is 4.55. The summed E-state index contributed by atoms with van der Waals surface area (Å²) in [6.45, 7) is 2.90. The van der Waals surface area contributed by atoms with Crippen LogP contribution in [0, 0.1) is 0 Å². The Morgan fingerprint density at radius 2 is 2.05 bits per heavy atom. The summed E-state index contributed by atoms with van der Waals surface area (Å²) in [5.74, 6) is 0.857. The number of halogens is 3. The molecule has 1 aromatic rings. The van der Waals surface area contributed by atoms with E-state index in [1.165, 1.54) is 0 Å². The molecule has 9 heteroatoms. The van der Waals surface area contributed by atoms with Crippen molar-refractivity contribution in [2.75, 3.05) is 39.4 Å². The highest BCUT2D eigenvalue weighted by atomic mass is 19.4. The third-order valence-corrected chi connectivity index (χ3v) is 2.81. The number of hydrogen-bond acceptors (Lipinski definition) is 6. The predicted octanol–water partition coefficient (Wildman–Crippen LogP) is 0.596. The van der Waals surface area contributed by atoms with Gasteiger partial charge in [0.15, 0.2) is 5.82 Å². The number of ether oxygens (including phenoxy) is 1. The first-order valence-electron chi connectivity index (χ1n) is 6.42. The van der Waals surface area contributed by atoms with E-state index in [-0.39, 0.29) is 13.0 Å². The Balaban J connectivity index is 1.69. The molecule has 1 saturated heterocycles. The number of piperazine rings is 1. The van der Waals surface area contributed by atoms with Crippen LogP contribution in [0.5, 0.6) is 0 Å². The van der Waals surface area contributed by atoms with Gasteiger partial charge in [-0.25, -0.2) is 0 Å². The molecule has 0 bridgehead atoms. The van der Waals surface area contributed by atoms with Crippen molar-refractivity contribution >= 4 is 0 Å². The molecule has 114 valence electrons. The Morgan fingerprint density at radius 3 is 2.75 bits per heavy atom. The van der Waals surface area contributed by atoms with Gasteiger partial charge < -0.3 is 14.6 Å². The number of rotatable bonds is 6. The fourth-order valence-electron chi connectivity index (χ4n) is 1.87. The predicted molar refractivity (Wildman–Crippen MR) is 63.0 cm³/mol. The van der Waals surface area contributed by atoms with Gasteiger partial charge >= 0.3 is 6.18 Å². The second kappa shape index (κ2) is 7.00. The van der Waals surface area contributed by atoms with Gasteiger partial charge in [-0.15, -0.1) is 0 Å². The van der Waals surface area contributed by atoms with E-state index in [1.54, 1.807) is 0 Å². The molecule has 1 aromatic heterocycles. The molecule has 0 saturated carbocycles. The Labute approximate surface area is 114 Å². The lowest BCUT2D eigenvalue weighted by Crippen LogP contribution is -2.42. The third-order valence-electron chi connectivity index (χ3n) is 2.81. The van der Waals surface area contributed by atoms with E-state index in [0.29, 0.717) is 18.3 Å². The molecule has 0 radical (unpaired) electrons. The first-order chi connectivity index (χ1) is 9.53. The minimum Gasteiger partial charge on any atom is -0.372 e. The molecule has 1 fully saturated rings. The number of hydrogen-bond donors (Lipinski definition) is 1. The van der Waals surface area contributed by atoms with Gasteiger partial charge in [0, 0.05) is 32.6 Å². The fraction of sp³-hybridized carbons (Fsp3) is 0.818. The van der Waals surface area contributed by atoms with Crippen LogP contribution >= 0.6 is 0 Å². The third kappa shape index (κ3) is 5.43. The molecule has 2 heterocycles. The zero-order chi connectivity index (χ0) is 14.4. The first kappa shape index (κ1) is 15.2. The number of aromatic nitrogens is 2. The topological polar surface area (TPSA) is 63.4 Å². The molecule has 2 rings (SSSR count). The van der Waals surface area contributed by atoms with Gasteiger partial charge in [0.2, 0.25) is 5.89 Å². The summed E-state index contributed by atoms with van der Waals surface area (Å²) in [4.78, 5) is 6.31. The quantitative estimate of drug-likeness (QED) is 0.775. The smallest absolute Gasteiger partial charge is 0.372 e. The summed E-state index contributed by atoms with van der Waals surface area (Å²) in [5.41, 5.74) is 0. The van der Waals surface area contributed by atoms with E-state index >= 15 is 0 Å². The van der Waals surface area contributed by atoms with Gasteiger partial charge in [-0.2, -0.15) is 18.2 Å². The van der Waals surface area contributed by atoms with Gasteiger partial charge in [-0.05, 0) is 0 Å². The zero-order valence-electron chi connectivity index (χ0n) is 10.9. The summed E-state index contributed by atoms with van der Waals surface area (Å²) in [7, 11) is 0. The maximum absolute atomic E-state index is 11.9. The maximum Gasteiger partial charge on any atom is 0.411 e. The minimum absolute atomic E-state index is 0.0773. The van der Waals surface area contributed by atoms with Crippen LogP contribution < -0.4 is 5.32 Å². The monoisotopic (exact) mass is 294 g/mol. The maximum atomic E-state index is 11.9. The molecule has 6 nitrogen and oxygen atoms in total. The van der Waals surface area contributed by atoms with Crippen molar-refractivity contribution in [3.63, 3.8) is 0 Å². The lowest BCUT2D eigenvalue weighted by Gasteiger charge is -2.25. The molecule has 20 heavy (non-hydrogen) atoms. The van der Waals surface area contributed by atoms with E-state index in [2.05, 4.69) is 25.1 Å². The highest BCUT2D eigenvalue weighted by Gasteiger charge is 2.27. The molecule has 1 aliphatic rings. The van der Waals surface area contributed by atoms with E-state index in [9.17, 15) is 13.2 Å². The Bertz CT molecular complexity index is 405. The average Bonchev–Trinajstić information content (AvgIpc) is 2.82. The van der Waals surface area contributed by atoms with E-state index < -0.39 is 12.8 Å². The SMILES string of the molecule is FC(F)(F)COCCc1noc(CN2CCNCC2)n1. The van der Waals surface area contributed by atoms with Crippen molar-refractivity contribution in [2.24, 2.45) is 0 Å². The summed E-state index contributed by atoms with van der Waals surface area (Å²) in [6, 6.07) is 0. The van der Waals surface area contributed by atoms with Gasteiger partial charge in [0.1, 0.15) is 6.61 Å². The van der Waals surface area contributed by atoms with Crippen LogP contribution in [-0.2, 0) is 17.7 Å². The summed E-state index contributed by atoms with van der Waals surface area (Å²) >= 11 is 0. The summed E-state index contributed by atoms with van der Waals surface area (Å²) in [5, 5.41) is 6.96. The van der Waals surface area contributed by atoms with E-state index in [4.69, 9.17) is 4.52 Å². The standard InChI is InChI=1S/C11H17F3N4O2/c12-11(13,14)8-19-6-1-9-16-10(20-17-9)7-18-4-2-15-3-5-18/h15H,1-8H2. The highest BCUT2D eigenvalue weighted by Crippen LogP contribution is 2.14. The van der Waals surface area contributed by atoms with Crippen molar-refractivity contribution in [1.82, 2.24) is 20.4 Å². The van der Waals surface area contributed by atoms with Gasteiger partial charge in [0.25, 0.3) is 0 Å². The molecule has 0 aromatic carbocycles. The lowest BCUT2D eigenvalue weighted by molar-refractivity contribution is -0.173. The van der Waals surface area contributed by atoms with Crippen molar-refractivity contribution in [1.29, 1.82) is 0 Å². The Kier molecular flexibility index (Phi) is 5.32. The van der Waals surface area contributed by atoms with Gasteiger partial charge in [0.05, 0.1) is 13.2 Å².